The maximum Gasteiger partial charge on any atom is 0.455 e. The minimum atomic E-state index is -6.02. The molecule has 0 amide bonds. The Morgan fingerprint density at radius 3 is 2.38 bits per heavy atom. The smallest absolute Gasteiger partial charge is 0.455 e. The van der Waals surface area contributed by atoms with Crippen LogP contribution in [0.2, 0.25) is 0 Å². The number of alkyl halides is 5. The summed E-state index contributed by atoms with van der Waals surface area (Å²) in [6, 6.07) is 6.03. The third-order valence-corrected chi connectivity index (χ3v) is 7.68. The van der Waals surface area contributed by atoms with Gasteiger partial charge in [-0.3, -0.25) is 4.79 Å². The van der Waals surface area contributed by atoms with Crippen LogP contribution in [0.1, 0.15) is 65.6 Å². The number of rotatable bonds is 7. The fourth-order valence-electron chi connectivity index (χ4n) is 5.27. The van der Waals surface area contributed by atoms with Gasteiger partial charge >= 0.3 is 18.1 Å². The molecule has 1 heterocycles. The second-order valence-corrected chi connectivity index (χ2v) is 10.3. The lowest BCUT2D eigenvalue weighted by Crippen LogP contribution is -2.45. The van der Waals surface area contributed by atoms with E-state index in [9.17, 15) is 33.3 Å². The molecule has 1 aliphatic carbocycles. The third-order valence-electron chi connectivity index (χ3n) is 7.68. The van der Waals surface area contributed by atoms with Gasteiger partial charge in [0.25, 0.3) is 0 Å². The molecule has 4 rings (SSSR count). The van der Waals surface area contributed by atoms with E-state index in [0.29, 0.717) is 19.3 Å². The van der Waals surface area contributed by atoms with Crippen molar-refractivity contribution in [3.63, 3.8) is 0 Å². The highest BCUT2D eigenvalue weighted by molar-refractivity contribution is 5.70. The minimum Gasteiger partial charge on any atom is -0.505 e. The van der Waals surface area contributed by atoms with Crippen molar-refractivity contribution < 1.29 is 42.1 Å². The van der Waals surface area contributed by atoms with Gasteiger partial charge in [-0.25, -0.2) is 4.68 Å². The van der Waals surface area contributed by atoms with Gasteiger partial charge in [0.05, 0.1) is 28.6 Å². The van der Waals surface area contributed by atoms with Crippen LogP contribution in [0.25, 0.3) is 5.69 Å². The summed E-state index contributed by atoms with van der Waals surface area (Å²) in [6.45, 7) is 4.81. The number of hydrogen-bond acceptors (Lipinski definition) is 5. The molecule has 2 aromatic carbocycles. The van der Waals surface area contributed by atoms with Crippen molar-refractivity contribution >= 4 is 11.7 Å². The lowest BCUT2D eigenvalue weighted by atomic mass is 9.77. The standard InChI is InChI=1S/C28H30F5N3O4/c1-14-10-11-19(12-15(14)2)36-25(38)22(16(3)35-36)24(27(29,30)28(31,32)33)34-21-9-5-8-20(23(21)37)17-6-4-7-18(13-17)26(39)40/h5,8-12,17-18,24,34,37-38H,4,6-7,13H2,1-3H3,(H,39,40). The van der Waals surface area contributed by atoms with Gasteiger partial charge in [0.15, 0.2) is 0 Å². The molecule has 1 aromatic heterocycles. The Kier molecular flexibility index (Phi) is 7.75. The van der Waals surface area contributed by atoms with E-state index >= 15 is 8.78 Å². The van der Waals surface area contributed by atoms with Crippen molar-refractivity contribution in [1.29, 1.82) is 0 Å². The summed E-state index contributed by atoms with van der Waals surface area (Å²) in [4.78, 5) is 11.5. The first-order valence-electron chi connectivity index (χ1n) is 12.7. The lowest BCUT2D eigenvalue weighted by molar-refractivity contribution is -0.288. The van der Waals surface area contributed by atoms with Crippen LogP contribution in [-0.4, -0.2) is 43.2 Å². The van der Waals surface area contributed by atoms with Crippen LogP contribution in [0.3, 0.4) is 0 Å². The van der Waals surface area contributed by atoms with Crippen LogP contribution in [0, 0.1) is 26.7 Å². The van der Waals surface area contributed by atoms with Gasteiger partial charge in [-0.15, -0.1) is 0 Å². The quantitative estimate of drug-likeness (QED) is 0.182. The first-order valence-corrected chi connectivity index (χ1v) is 12.7. The van der Waals surface area contributed by atoms with Gasteiger partial charge < -0.3 is 20.6 Å². The Morgan fingerprint density at radius 1 is 1.05 bits per heavy atom. The number of hydrogen-bond donors (Lipinski definition) is 4. The predicted octanol–water partition coefficient (Wildman–Crippen LogP) is 6.92. The Hall–Kier alpha value is -3.83. The molecule has 216 valence electrons. The van der Waals surface area contributed by atoms with E-state index in [0.717, 1.165) is 21.9 Å². The molecule has 0 spiro atoms. The molecule has 1 fully saturated rings. The molecule has 3 aromatic rings. The highest BCUT2D eigenvalue weighted by atomic mass is 19.4. The molecule has 3 atom stereocenters. The Labute approximate surface area is 227 Å². The van der Waals surface area contributed by atoms with Crippen molar-refractivity contribution in [2.24, 2.45) is 5.92 Å². The molecule has 0 saturated heterocycles. The number of nitrogens with one attached hydrogen (secondary N) is 1. The van der Waals surface area contributed by atoms with Gasteiger partial charge in [0.1, 0.15) is 11.8 Å². The fourth-order valence-corrected chi connectivity index (χ4v) is 5.27. The summed E-state index contributed by atoms with van der Waals surface area (Å²) in [5, 5.41) is 37.5. The zero-order chi connectivity index (χ0) is 29.6. The van der Waals surface area contributed by atoms with Crippen molar-refractivity contribution in [3.8, 4) is 17.3 Å². The Bertz CT molecular complexity index is 1420. The van der Waals surface area contributed by atoms with Crippen LogP contribution < -0.4 is 5.32 Å². The number of carbonyl (C=O) groups is 1. The minimum absolute atomic E-state index is 0.192. The molecule has 7 nitrogen and oxygen atoms in total. The first kappa shape index (κ1) is 29.2. The highest BCUT2D eigenvalue weighted by Gasteiger charge is 2.64. The van der Waals surface area contributed by atoms with Crippen molar-refractivity contribution in [1.82, 2.24) is 9.78 Å². The SMILES string of the molecule is Cc1ccc(-n2nc(C)c(C(Nc3cccc(C4CCCC(C(=O)O)C4)c3O)C(F)(F)C(F)(F)F)c2O)cc1C. The van der Waals surface area contributed by atoms with E-state index in [4.69, 9.17) is 0 Å². The number of nitrogens with zero attached hydrogens (tertiary/aromatic N) is 2. The van der Waals surface area contributed by atoms with Gasteiger partial charge in [-0.05, 0) is 80.8 Å². The number of para-hydroxylation sites is 1. The van der Waals surface area contributed by atoms with Crippen molar-refractivity contribution in [2.75, 3.05) is 5.32 Å². The molecule has 0 radical (unpaired) electrons. The number of carboxylic acid groups (broad SMARTS) is 1. The number of phenols is 1. The molecule has 12 heteroatoms. The number of phenolic OH excluding ortho intramolecular Hbond substituents is 1. The summed E-state index contributed by atoms with van der Waals surface area (Å²) < 4.78 is 72.3. The lowest BCUT2D eigenvalue weighted by Gasteiger charge is -2.31. The zero-order valence-electron chi connectivity index (χ0n) is 22.1. The fraction of sp³-hybridized carbons (Fsp3) is 0.429. The van der Waals surface area contributed by atoms with Crippen LogP contribution in [0.4, 0.5) is 27.6 Å². The van der Waals surface area contributed by atoms with E-state index in [1.54, 1.807) is 25.1 Å². The van der Waals surface area contributed by atoms with Gasteiger partial charge in [-0.2, -0.15) is 27.1 Å². The zero-order valence-corrected chi connectivity index (χ0v) is 22.1. The molecular formula is C28H30F5N3O4. The Morgan fingerprint density at radius 2 is 1.75 bits per heavy atom. The number of carboxylic acids is 1. The largest absolute Gasteiger partial charge is 0.505 e. The maximum absolute atomic E-state index is 15.1. The van der Waals surface area contributed by atoms with E-state index < -0.39 is 58.8 Å². The highest BCUT2D eigenvalue weighted by Crippen LogP contribution is 2.50. The maximum atomic E-state index is 15.1. The number of anilines is 1. The summed E-state index contributed by atoms with van der Waals surface area (Å²) in [5.41, 5.74) is 0.728. The molecule has 0 bridgehead atoms. The van der Waals surface area contributed by atoms with Gasteiger partial charge in [0, 0.05) is 0 Å². The molecule has 1 saturated carbocycles. The van der Waals surface area contributed by atoms with E-state index in [1.165, 1.54) is 19.1 Å². The monoisotopic (exact) mass is 567 g/mol. The van der Waals surface area contributed by atoms with E-state index in [-0.39, 0.29) is 23.4 Å². The van der Waals surface area contributed by atoms with Gasteiger partial charge in [0.2, 0.25) is 5.88 Å². The molecule has 40 heavy (non-hydrogen) atoms. The number of benzene rings is 2. The number of aryl methyl sites for hydroxylation is 3. The molecule has 0 aliphatic heterocycles. The Balaban J connectivity index is 1.79. The van der Waals surface area contributed by atoms with Crippen LogP contribution in [0.5, 0.6) is 11.6 Å². The third kappa shape index (κ3) is 5.31. The summed E-state index contributed by atoms with van der Waals surface area (Å²) in [7, 11) is 0. The first-order chi connectivity index (χ1) is 18.6. The normalized spacial score (nSPS) is 18.9. The average Bonchev–Trinajstić information content (AvgIpc) is 3.17. The van der Waals surface area contributed by atoms with E-state index in [1.807, 2.05) is 6.92 Å². The summed E-state index contributed by atoms with van der Waals surface area (Å²) in [5.74, 6) is -8.94. The molecule has 3 unspecified atom stereocenters. The van der Waals surface area contributed by atoms with Crippen molar-refractivity contribution in [3.05, 3.63) is 64.3 Å². The molecular weight excluding hydrogens is 537 g/mol. The van der Waals surface area contributed by atoms with Gasteiger partial charge in [-0.1, -0.05) is 24.6 Å². The molecule has 1 aliphatic rings. The predicted molar refractivity (Wildman–Crippen MR) is 137 cm³/mol. The van der Waals surface area contributed by atoms with Crippen LogP contribution in [-0.2, 0) is 4.79 Å². The molecule has 4 N–H and O–H groups in total. The number of aliphatic carboxylic acids is 1. The van der Waals surface area contributed by atoms with E-state index in [2.05, 4.69) is 10.4 Å². The van der Waals surface area contributed by atoms with Crippen LogP contribution >= 0.6 is 0 Å². The van der Waals surface area contributed by atoms with Crippen LogP contribution in [0.15, 0.2) is 36.4 Å². The second kappa shape index (κ2) is 10.6. The number of aromatic nitrogens is 2. The topological polar surface area (TPSA) is 108 Å². The second-order valence-electron chi connectivity index (χ2n) is 10.3. The average molecular weight is 568 g/mol. The van der Waals surface area contributed by atoms with Crippen molar-refractivity contribution in [2.45, 2.75) is 70.5 Å². The summed E-state index contributed by atoms with van der Waals surface area (Å²) in [6.07, 6.45) is -4.30. The number of aromatic hydroxyl groups is 2. The summed E-state index contributed by atoms with van der Waals surface area (Å²) >= 11 is 0. The number of halogens is 5.